The van der Waals surface area contributed by atoms with Gasteiger partial charge in [-0.15, -0.1) is 0 Å². The van der Waals surface area contributed by atoms with E-state index in [4.69, 9.17) is 4.74 Å². The molecule has 1 aromatic heterocycles. The fourth-order valence-corrected chi connectivity index (χ4v) is 2.77. The van der Waals surface area contributed by atoms with Gasteiger partial charge in [0.1, 0.15) is 5.69 Å². The van der Waals surface area contributed by atoms with Crippen molar-refractivity contribution in [3.63, 3.8) is 0 Å². The number of fused-ring (bicyclic) bond motifs is 1. The Morgan fingerprint density at radius 2 is 2.25 bits per heavy atom. The van der Waals surface area contributed by atoms with Crippen molar-refractivity contribution in [3.8, 4) is 0 Å². The van der Waals surface area contributed by atoms with Crippen LogP contribution in [0.3, 0.4) is 0 Å². The van der Waals surface area contributed by atoms with Gasteiger partial charge in [0.25, 0.3) is 5.91 Å². The summed E-state index contributed by atoms with van der Waals surface area (Å²) in [6.45, 7) is 5.39. The number of aromatic nitrogens is 1. The Balaban J connectivity index is 1.89. The van der Waals surface area contributed by atoms with Gasteiger partial charge in [-0.2, -0.15) is 0 Å². The van der Waals surface area contributed by atoms with Crippen LogP contribution in [-0.4, -0.2) is 41.1 Å². The van der Waals surface area contributed by atoms with E-state index in [1.165, 1.54) is 0 Å². The molecule has 106 valence electrons. The predicted octanol–water partition coefficient (Wildman–Crippen LogP) is 2.81. The second-order valence-corrected chi connectivity index (χ2v) is 5.43. The van der Waals surface area contributed by atoms with E-state index < -0.39 is 0 Å². The summed E-state index contributed by atoms with van der Waals surface area (Å²) in [5.74, 6) is 0.0724. The summed E-state index contributed by atoms with van der Waals surface area (Å²) in [6.07, 6.45) is 1.02. The van der Waals surface area contributed by atoms with Crippen LogP contribution in [0.5, 0.6) is 0 Å². The fourth-order valence-electron chi connectivity index (χ4n) is 2.77. The largest absolute Gasteiger partial charge is 0.375 e. The molecule has 4 nitrogen and oxygen atoms in total. The first-order chi connectivity index (χ1) is 9.69. The summed E-state index contributed by atoms with van der Waals surface area (Å²) in [4.78, 5) is 17.9. The molecule has 1 saturated heterocycles. The molecule has 0 bridgehead atoms. The Hall–Kier alpha value is -1.81. The molecule has 1 amide bonds. The molecule has 2 heterocycles. The Labute approximate surface area is 118 Å². The van der Waals surface area contributed by atoms with Crippen LogP contribution in [0, 0.1) is 0 Å². The number of nitrogens with zero attached hydrogens (tertiary/aromatic N) is 1. The number of carbonyl (C=O) groups excluding carboxylic acids is 1. The van der Waals surface area contributed by atoms with E-state index >= 15 is 0 Å². The number of nitrogens with one attached hydrogen (secondary N) is 1. The van der Waals surface area contributed by atoms with Crippen molar-refractivity contribution >= 4 is 16.8 Å². The van der Waals surface area contributed by atoms with Crippen molar-refractivity contribution in [2.75, 3.05) is 13.2 Å². The fraction of sp³-hybridized carbons (Fsp3) is 0.438. The third-order valence-electron chi connectivity index (χ3n) is 3.96. The van der Waals surface area contributed by atoms with E-state index in [9.17, 15) is 4.79 Å². The number of para-hydroxylation sites is 1. The predicted molar refractivity (Wildman–Crippen MR) is 78.8 cm³/mol. The quantitative estimate of drug-likeness (QED) is 0.913. The highest BCUT2D eigenvalue weighted by atomic mass is 16.5. The molecule has 0 saturated carbocycles. The molecule has 0 spiro atoms. The first-order valence-electron chi connectivity index (χ1n) is 7.19. The zero-order chi connectivity index (χ0) is 14.1. The number of ether oxygens (including phenoxy) is 1. The van der Waals surface area contributed by atoms with E-state index in [0.29, 0.717) is 18.8 Å². The topological polar surface area (TPSA) is 45.3 Å². The molecule has 2 unspecified atom stereocenters. The van der Waals surface area contributed by atoms with E-state index in [2.05, 4.69) is 11.9 Å². The maximum atomic E-state index is 12.7. The Bertz CT molecular complexity index is 587. The number of aromatic amines is 1. The van der Waals surface area contributed by atoms with Gasteiger partial charge < -0.3 is 14.6 Å². The molecule has 0 radical (unpaired) electrons. The number of morpholine rings is 1. The van der Waals surface area contributed by atoms with Crippen LogP contribution in [0.15, 0.2) is 30.3 Å². The number of rotatable bonds is 2. The van der Waals surface area contributed by atoms with Crippen LogP contribution < -0.4 is 0 Å². The minimum Gasteiger partial charge on any atom is -0.375 e. The number of H-pyrrole nitrogens is 1. The van der Waals surface area contributed by atoms with Gasteiger partial charge in [0, 0.05) is 17.4 Å². The van der Waals surface area contributed by atoms with Crippen molar-refractivity contribution < 1.29 is 9.53 Å². The molecule has 1 aliphatic rings. The molecule has 2 atom stereocenters. The Morgan fingerprint density at radius 1 is 1.45 bits per heavy atom. The molecule has 1 aromatic carbocycles. The lowest BCUT2D eigenvalue weighted by Crippen LogP contribution is -2.51. The lowest BCUT2D eigenvalue weighted by Gasteiger charge is -2.38. The van der Waals surface area contributed by atoms with E-state index in [0.717, 1.165) is 17.3 Å². The lowest BCUT2D eigenvalue weighted by molar-refractivity contribution is -0.0445. The third-order valence-corrected chi connectivity index (χ3v) is 3.96. The summed E-state index contributed by atoms with van der Waals surface area (Å²) < 4.78 is 5.65. The lowest BCUT2D eigenvalue weighted by atomic mass is 10.1. The highest BCUT2D eigenvalue weighted by Gasteiger charge is 2.30. The van der Waals surface area contributed by atoms with Crippen molar-refractivity contribution in [2.24, 2.45) is 0 Å². The molecule has 4 heteroatoms. The number of hydrogen-bond donors (Lipinski definition) is 1. The standard InChI is InChI=1S/C16H20N2O2/c1-3-13-10-20-11(2)9-18(13)16(19)15-8-12-6-4-5-7-14(12)17-15/h4-8,11,13,17H,3,9-10H2,1-2H3. The average Bonchev–Trinajstić information content (AvgIpc) is 2.90. The van der Waals surface area contributed by atoms with Crippen molar-refractivity contribution in [1.29, 1.82) is 0 Å². The van der Waals surface area contributed by atoms with Gasteiger partial charge in [-0.05, 0) is 25.5 Å². The van der Waals surface area contributed by atoms with Gasteiger partial charge >= 0.3 is 0 Å². The van der Waals surface area contributed by atoms with Crippen LogP contribution in [0.2, 0.25) is 0 Å². The van der Waals surface area contributed by atoms with Gasteiger partial charge in [0.2, 0.25) is 0 Å². The summed E-state index contributed by atoms with van der Waals surface area (Å²) in [5, 5.41) is 1.07. The summed E-state index contributed by atoms with van der Waals surface area (Å²) in [7, 11) is 0. The summed E-state index contributed by atoms with van der Waals surface area (Å²) >= 11 is 0. The molecule has 1 aliphatic heterocycles. The summed E-state index contributed by atoms with van der Waals surface area (Å²) in [5.41, 5.74) is 1.67. The normalized spacial score (nSPS) is 23.2. The zero-order valence-electron chi connectivity index (χ0n) is 11.9. The minimum absolute atomic E-state index is 0.0724. The molecular weight excluding hydrogens is 252 g/mol. The van der Waals surface area contributed by atoms with Crippen LogP contribution in [-0.2, 0) is 4.74 Å². The number of carbonyl (C=O) groups is 1. The van der Waals surface area contributed by atoms with Gasteiger partial charge in [0.15, 0.2) is 0 Å². The molecule has 1 N–H and O–H groups in total. The minimum atomic E-state index is 0.0724. The zero-order valence-corrected chi connectivity index (χ0v) is 11.9. The SMILES string of the molecule is CCC1COC(C)CN1C(=O)c1cc2ccccc2[nH]1. The highest BCUT2D eigenvalue weighted by Crippen LogP contribution is 2.20. The molecule has 0 aliphatic carbocycles. The van der Waals surface area contributed by atoms with Crippen LogP contribution in [0.1, 0.15) is 30.8 Å². The second kappa shape index (κ2) is 5.29. The molecule has 1 fully saturated rings. The number of amides is 1. The van der Waals surface area contributed by atoms with Gasteiger partial charge in [-0.1, -0.05) is 25.1 Å². The Morgan fingerprint density at radius 3 is 3.00 bits per heavy atom. The molecule has 2 aromatic rings. The van der Waals surface area contributed by atoms with E-state index in [-0.39, 0.29) is 18.1 Å². The van der Waals surface area contributed by atoms with E-state index in [1.54, 1.807) is 0 Å². The van der Waals surface area contributed by atoms with Gasteiger partial charge in [-0.25, -0.2) is 0 Å². The first-order valence-corrected chi connectivity index (χ1v) is 7.19. The van der Waals surface area contributed by atoms with Crippen LogP contribution in [0.4, 0.5) is 0 Å². The molecule has 20 heavy (non-hydrogen) atoms. The van der Waals surface area contributed by atoms with Crippen molar-refractivity contribution in [3.05, 3.63) is 36.0 Å². The highest BCUT2D eigenvalue weighted by molar-refractivity contribution is 5.98. The van der Waals surface area contributed by atoms with Crippen molar-refractivity contribution in [2.45, 2.75) is 32.4 Å². The van der Waals surface area contributed by atoms with Gasteiger partial charge in [0.05, 0.1) is 18.8 Å². The maximum Gasteiger partial charge on any atom is 0.270 e. The number of benzene rings is 1. The van der Waals surface area contributed by atoms with Crippen LogP contribution in [0.25, 0.3) is 10.9 Å². The van der Waals surface area contributed by atoms with Gasteiger partial charge in [-0.3, -0.25) is 4.79 Å². The molecular formula is C16H20N2O2. The Kier molecular flexibility index (Phi) is 3.49. The monoisotopic (exact) mass is 272 g/mol. The van der Waals surface area contributed by atoms with Crippen LogP contribution >= 0.6 is 0 Å². The van der Waals surface area contributed by atoms with E-state index in [1.807, 2.05) is 42.2 Å². The smallest absolute Gasteiger partial charge is 0.270 e. The number of hydrogen-bond acceptors (Lipinski definition) is 2. The first kappa shape index (κ1) is 13.2. The second-order valence-electron chi connectivity index (χ2n) is 5.43. The maximum absolute atomic E-state index is 12.7. The van der Waals surface area contributed by atoms with Crippen molar-refractivity contribution in [1.82, 2.24) is 9.88 Å². The summed E-state index contributed by atoms with van der Waals surface area (Å²) in [6, 6.07) is 10.1. The molecule has 3 rings (SSSR count). The average molecular weight is 272 g/mol. The third kappa shape index (κ3) is 2.31.